The van der Waals surface area contributed by atoms with E-state index in [1.54, 1.807) is 14.4 Å². The van der Waals surface area contributed by atoms with Gasteiger partial charge in [-0.1, -0.05) is 312 Å². The number of phenols is 3. The quantitative estimate of drug-likeness (QED) is 0.0435. The number of hydrogen-bond donors (Lipinski definition) is 3. The van der Waals surface area contributed by atoms with Gasteiger partial charge in [-0.05, 0) is 115 Å². The first-order valence-electron chi connectivity index (χ1n) is 38.2. The van der Waals surface area contributed by atoms with Crippen LogP contribution in [-0.2, 0) is 30.1 Å². The largest absolute Gasteiger partial charge is 0.505 e. The highest BCUT2D eigenvalue weighted by Crippen LogP contribution is 2.45. The Morgan fingerprint density at radius 2 is 0.620 bits per heavy atom. The monoisotopic (exact) mass is 1430 g/mol. The maximum atomic E-state index is 11.8. The van der Waals surface area contributed by atoms with E-state index in [1.807, 2.05) is 188 Å². The van der Waals surface area contributed by atoms with Crippen LogP contribution in [0.4, 0.5) is 0 Å². The first-order valence-corrected chi connectivity index (χ1v) is 38.2. The highest BCUT2D eigenvalue weighted by atomic mass is 16.3. The standard InChI is InChI=1S/C41H50N6O2.C30H29N3O.C22H17N3/c1-3-5-7-9-11-13-19-30-25-32(40(48)38(27-30)46-42-34-21-15-16-22-35(34)43-46)29-33-26-31(20-14-12-10-8-6-4-2)28-39(41(33)49)47-44-36-23-17-18-24-37(36)45-47;1-29(2,21-13-7-5-8-14-21)23-19-24(30(3,4)22-15-9-6-10-16-22)28(34)27(20-23)33-31-25-17-11-12-18-26(25)32-33;1-16-12-14-19(15-13-16)22-24-20(17-8-4-2-5-9-17)23-21(25-22)18-10-6-3-7-11-18/h15-18,21-28,48-49H,3-14,19-20,29H2,1-2H3;5-20,34H,1-4H3;2-15H,1H3. The van der Waals surface area contributed by atoms with E-state index in [9.17, 15) is 15.3 Å². The molecular weight excluding hydrogens is 1330 g/mol. The average molecular weight is 1430 g/mol. The van der Waals surface area contributed by atoms with Gasteiger partial charge in [-0.25, -0.2) is 15.0 Å². The van der Waals surface area contributed by atoms with Crippen LogP contribution >= 0.6 is 0 Å². The maximum absolute atomic E-state index is 11.8. The van der Waals surface area contributed by atoms with Crippen LogP contribution in [0, 0.1) is 6.92 Å². The predicted molar refractivity (Wildman–Crippen MR) is 437 cm³/mol. The minimum Gasteiger partial charge on any atom is -0.505 e. The summed E-state index contributed by atoms with van der Waals surface area (Å²) in [7, 11) is 0. The Bertz CT molecular complexity index is 5160. The van der Waals surface area contributed by atoms with Gasteiger partial charge in [-0.2, -0.15) is 0 Å². The molecule has 3 N–H and O–H groups in total. The molecule has 15 heteroatoms. The van der Waals surface area contributed by atoms with Crippen LogP contribution in [0.3, 0.4) is 0 Å². The minimum atomic E-state index is -0.435. The summed E-state index contributed by atoms with van der Waals surface area (Å²) in [4.78, 5) is 18.8. The first kappa shape index (κ1) is 74.3. The molecule has 0 aliphatic rings. The number of hydrogen-bond acceptors (Lipinski definition) is 12. The predicted octanol–water partition coefficient (Wildman–Crippen LogP) is 21.9. The van der Waals surface area contributed by atoms with Gasteiger partial charge in [0.2, 0.25) is 0 Å². The zero-order chi connectivity index (χ0) is 75.0. The molecule has 0 saturated carbocycles. The fourth-order valence-corrected chi connectivity index (χ4v) is 14.0. The van der Waals surface area contributed by atoms with E-state index in [2.05, 4.69) is 125 Å². The summed E-state index contributed by atoms with van der Waals surface area (Å²) in [6, 6.07) is 84.6. The minimum absolute atomic E-state index is 0.122. The molecule has 4 aromatic heterocycles. The van der Waals surface area contributed by atoms with Gasteiger partial charge in [0.1, 0.15) is 67.4 Å². The number of fused-ring (bicyclic) bond motifs is 3. The first-order chi connectivity index (χ1) is 52.6. The van der Waals surface area contributed by atoms with Crippen LogP contribution in [0.5, 0.6) is 17.2 Å². The molecule has 0 aliphatic carbocycles. The van der Waals surface area contributed by atoms with Gasteiger partial charge in [0.15, 0.2) is 17.5 Å². The summed E-state index contributed by atoms with van der Waals surface area (Å²) < 4.78 is 0. The molecule has 0 bridgehead atoms. The van der Waals surface area contributed by atoms with Gasteiger partial charge in [0.05, 0.1) is 0 Å². The van der Waals surface area contributed by atoms with Gasteiger partial charge >= 0.3 is 0 Å². The molecule has 0 amide bonds. The molecule has 15 rings (SSSR count). The smallest absolute Gasteiger partial charge is 0.164 e. The number of phenolic OH excluding ortho intramolecular Hbond substituents is 3. The van der Waals surface area contributed by atoms with E-state index in [0.717, 1.165) is 114 Å². The molecule has 15 nitrogen and oxygen atoms in total. The lowest BCUT2D eigenvalue weighted by Crippen LogP contribution is -2.24. The van der Waals surface area contributed by atoms with Gasteiger partial charge in [-0.3, -0.25) is 0 Å². The van der Waals surface area contributed by atoms with E-state index in [0.29, 0.717) is 41.0 Å². The average Bonchev–Trinajstić information content (AvgIpc) is 1.09. The van der Waals surface area contributed by atoms with Gasteiger partial charge in [-0.15, -0.1) is 45.0 Å². The van der Waals surface area contributed by atoms with E-state index in [4.69, 9.17) is 35.3 Å². The van der Waals surface area contributed by atoms with Crippen LogP contribution in [0.15, 0.2) is 255 Å². The van der Waals surface area contributed by atoms with Crippen molar-refractivity contribution in [1.82, 2.24) is 59.9 Å². The fourth-order valence-electron chi connectivity index (χ4n) is 14.0. The van der Waals surface area contributed by atoms with Crippen LogP contribution in [0.2, 0.25) is 0 Å². The van der Waals surface area contributed by atoms with Crippen molar-refractivity contribution < 1.29 is 15.3 Å². The van der Waals surface area contributed by atoms with Crippen molar-refractivity contribution in [1.29, 1.82) is 0 Å². The maximum Gasteiger partial charge on any atom is 0.164 e. The fraction of sp³-hybridized carbons (Fsp3) is 0.258. The summed E-state index contributed by atoms with van der Waals surface area (Å²) >= 11 is 0. The summed E-state index contributed by atoms with van der Waals surface area (Å²) in [5.74, 6) is 2.50. The Kier molecular flexibility index (Phi) is 23.7. The third kappa shape index (κ3) is 17.6. The second-order valence-electron chi connectivity index (χ2n) is 29.2. The SMILES string of the molecule is CC(C)(c1ccccc1)c1cc(-n2nc3ccccc3n2)c(O)c(C(C)(C)c2ccccc2)c1.CCCCCCCCc1cc(Cc2cc(CCCCCCCC)cc(-n3nc4ccccc4n3)c2O)c(O)c(-n2nc3ccccc3n2)c1.Cc1ccc(-c2nc(-c3ccccc3)nc(-c3ccccc3)n2)cc1. The van der Waals surface area contributed by atoms with Crippen molar-refractivity contribution in [2.24, 2.45) is 0 Å². The zero-order valence-corrected chi connectivity index (χ0v) is 63.1. The molecule has 4 heterocycles. The number of aromatic hydroxyl groups is 3. The van der Waals surface area contributed by atoms with E-state index < -0.39 is 5.41 Å². The third-order valence-electron chi connectivity index (χ3n) is 20.5. The van der Waals surface area contributed by atoms with Crippen molar-refractivity contribution in [2.75, 3.05) is 0 Å². The Morgan fingerprint density at radius 3 is 0.991 bits per heavy atom. The van der Waals surface area contributed by atoms with Crippen molar-refractivity contribution in [2.45, 2.75) is 156 Å². The molecule has 108 heavy (non-hydrogen) atoms. The van der Waals surface area contributed by atoms with Crippen LogP contribution in [-0.4, -0.2) is 75.3 Å². The highest BCUT2D eigenvalue weighted by Gasteiger charge is 2.33. The van der Waals surface area contributed by atoms with E-state index in [-0.39, 0.29) is 22.7 Å². The molecule has 0 aliphatic heterocycles. The van der Waals surface area contributed by atoms with Crippen molar-refractivity contribution in [3.8, 4) is 68.5 Å². The lowest BCUT2D eigenvalue weighted by Gasteiger charge is -2.32. The Labute approximate surface area is 633 Å². The Hall–Kier alpha value is -12.0. The molecule has 15 aromatic rings. The molecular formula is C93H96N12O3. The third-order valence-corrected chi connectivity index (χ3v) is 20.5. The van der Waals surface area contributed by atoms with Gasteiger partial charge in [0.25, 0.3) is 0 Å². The lowest BCUT2D eigenvalue weighted by molar-refractivity contribution is 0.444. The highest BCUT2D eigenvalue weighted by molar-refractivity contribution is 5.76. The van der Waals surface area contributed by atoms with Crippen LogP contribution in [0.25, 0.3) is 84.3 Å². The van der Waals surface area contributed by atoms with Gasteiger partial charge in [0, 0.05) is 50.6 Å². The Balaban J connectivity index is 0.000000151. The number of aryl methyl sites for hydroxylation is 3. The number of benzene rings is 11. The number of aromatic nitrogens is 12. The topological polar surface area (TPSA) is 191 Å². The lowest BCUT2D eigenvalue weighted by atomic mass is 9.72. The number of rotatable bonds is 26. The summed E-state index contributed by atoms with van der Waals surface area (Å²) in [5.41, 5.74) is 17.8. The summed E-state index contributed by atoms with van der Waals surface area (Å²) in [6.07, 6.45) is 16.6. The second-order valence-corrected chi connectivity index (χ2v) is 29.2. The zero-order valence-electron chi connectivity index (χ0n) is 63.1. The molecule has 546 valence electrons. The summed E-state index contributed by atoms with van der Waals surface area (Å²) in [6.45, 7) is 15.3. The van der Waals surface area contributed by atoms with Gasteiger partial charge < -0.3 is 15.3 Å². The number of unbranched alkanes of at least 4 members (excludes halogenated alkanes) is 10. The molecule has 0 unspecified atom stereocenters. The van der Waals surface area contributed by atoms with Crippen molar-refractivity contribution in [3.05, 3.63) is 305 Å². The molecule has 0 saturated heterocycles. The van der Waals surface area contributed by atoms with E-state index >= 15 is 0 Å². The van der Waals surface area contributed by atoms with Crippen molar-refractivity contribution in [3.63, 3.8) is 0 Å². The Morgan fingerprint density at radius 1 is 0.306 bits per heavy atom. The summed E-state index contributed by atoms with van der Waals surface area (Å²) in [5, 5.41) is 63.4. The molecule has 0 fully saturated rings. The van der Waals surface area contributed by atoms with E-state index in [1.165, 1.54) is 75.3 Å². The normalized spacial score (nSPS) is 11.6. The molecule has 0 atom stereocenters. The van der Waals surface area contributed by atoms with Crippen LogP contribution in [0.1, 0.15) is 169 Å². The van der Waals surface area contributed by atoms with Crippen LogP contribution < -0.4 is 0 Å². The van der Waals surface area contributed by atoms with Crippen molar-refractivity contribution >= 4 is 33.1 Å². The molecule has 0 spiro atoms. The number of nitrogens with zero attached hydrogens (tertiary/aromatic N) is 12. The molecule has 11 aromatic carbocycles. The molecule has 0 radical (unpaired) electrons. The second kappa shape index (κ2) is 34.5.